The van der Waals surface area contributed by atoms with Crippen LogP contribution in [-0.2, 0) is 5.75 Å². The Bertz CT molecular complexity index is 619. The standard InChI is InChI=1S/C14H15NO3S/c1-8-3-4-13(11(15)5-8)19-7-10-6-12(14(16)17)18-9(10)2/h3-6H,7,15H2,1-2H3,(H,16,17). The fourth-order valence-corrected chi connectivity index (χ4v) is 2.71. The first-order valence-corrected chi connectivity index (χ1v) is 6.77. The van der Waals surface area contributed by atoms with E-state index in [1.165, 1.54) is 0 Å². The first kappa shape index (κ1) is 13.5. The SMILES string of the molecule is Cc1ccc(SCc2cc(C(=O)O)oc2C)c(N)c1. The van der Waals surface area contributed by atoms with Gasteiger partial charge in [0.1, 0.15) is 5.76 Å². The van der Waals surface area contributed by atoms with E-state index in [0.29, 0.717) is 11.5 Å². The normalized spacial score (nSPS) is 10.6. The maximum absolute atomic E-state index is 10.8. The van der Waals surface area contributed by atoms with Crippen LogP contribution in [0.2, 0.25) is 0 Å². The zero-order valence-electron chi connectivity index (χ0n) is 10.8. The topological polar surface area (TPSA) is 76.5 Å². The highest BCUT2D eigenvalue weighted by Crippen LogP contribution is 2.30. The van der Waals surface area contributed by atoms with E-state index in [4.69, 9.17) is 15.3 Å². The number of aryl methyl sites for hydroxylation is 2. The third kappa shape index (κ3) is 3.12. The monoisotopic (exact) mass is 277 g/mol. The molecule has 0 fully saturated rings. The molecule has 0 spiro atoms. The molecular formula is C14H15NO3S. The molecule has 0 amide bonds. The number of rotatable bonds is 4. The van der Waals surface area contributed by atoms with E-state index < -0.39 is 5.97 Å². The average Bonchev–Trinajstić information content (AvgIpc) is 2.70. The van der Waals surface area contributed by atoms with Crippen molar-refractivity contribution in [3.05, 3.63) is 46.9 Å². The predicted molar refractivity (Wildman–Crippen MR) is 75.6 cm³/mol. The van der Waals surface area contributed by atoms with Crippen LogP contribution in [0, 0.1) is 13.8 Å². The van der Waals surface area contributed by atoms with Gasteiger partial charge < -0.3 is 15.3 Å². The van der Waals surface area contributed by atoms with E-state index in [-0.39, 0.29) is 5.76 Å². The van der Waals surface area contributed by atoms with Crippen molar-refractivity contribution in [2.75, 3.05) is 5.73 Å². The van der Waals surface area contributed by atoms with E-state index in [1.54, 1.807) is 24.8 Å². The number of anilines is 1. The van der Waals surface area contributed by atoms with Crippen molar-refractivity contribution >= 4 is 23.4 Å². The molecule has 3 N–H and O–H groups in total. The number of nitrogens with two attached hydrogens (primary N) is 1. The zero-order chi connectivity index (χ0) is 14.0. The summed E-state index contributed by atoms with van der Waals surface area (Å²) in [4.78, 5) is 11.8. The van der Waals surface area contributed by atoms with Gasteiger partial charge in [0.2, 0.25) is 5.76 Å². The second kappa shape index (κ2) is 5.40. The van der Waals surface area contributed by atoms with Crippen LogP contribution in [0.4, 0.5) is 5.69 Å². The summed E-state index contributed by atoms with van der Waals surface area (Å²) in [5, 5.41) is 8.86. The van der Waals surface area contributed by atoms with Gasteiger partial charge in [-0.3, -0.25) is 0 Å². The molecule has 0 aliphatic rings. The highest BCUT2D eigenvalue weighted by molar-refractivity contribution is 7.98. The van der Waals surface area contributed by atoms with Gasteiger partial charge >= 0.3 is 5.97 Å². The Hall–Kier alpha value is -1.88. The molecule has 2 aromatic rings. The third-order valence-corrected chi connectivity index (χ3v) is 3.92. The molecule has 0 saturated heterocycles. The Balaban J connectivity index is 2.12. The largest absolute Gasteiger partial charge is 0.475 e. The minimum atomic E-state index is -1.05. The van der Waals surface area contributed by atoms with Crippen LogP contribution in [-0.4, -0.2) is 11.1 Å². The van der Waals surface area contributed by atoms with Crippen molar-refractivity contribution in [2.45, 2.75) is 24.5 Å². The van der Waals surface area contributed by atoms with Gasteiger partial charge in [0.15, 0.2) is 0 Å². The van der Waals surface area contributed by atoms with Crippen molar-refractivity contribution in [2.24, 2.45) is 0 Å². The van der Waals surface area contributed by atoms with Gasteiger partial charge in [0.25, 0.3) is 0 Å². The summed E-state index contributed by atoms with van der Waals surface area (Å²) in [7, 11) is 0. The molecule has 4 nitrogen and oxygen atoms in total. The number of thioether (sulfide) groups is 1. The number of nitrogen functional groups attached to an aromatic ring is 1. The number of carboxylic acids is 1. The lowest BCUT2D eigenvalue weighted by Gasteiger charge is -2.05. The van der Waals surface area contributed by atoms with Crippen molar-refractivity contribution in [3.63, 3.8) is 0 Å². The zero-order valence-corrected chi connectivity index (χ0v) is 11.6. The smallest absolute Gasteiger partial charge is 0.371 e. The fourth-order valence-electron chi connectivity index (χ4n) is 1.72. The molecule has 5 heteroatoms. The minimum absolute atomic E-state index is 0.0232. The molecule has 0 unspecified atom stereocenters. The average molecular weight is 277 g/mol. The van der Waals surface area contributed by atoms with Crippen LogP contribution in [0.5, 0.6) is 0 Å². The molecule has 0 saturated carbocycles. The molecule has 100 valence electrons. The summed E-state index contributed by atoms with van der Waals surface area (Å²) in [6, 6.07) is 7.47. The second-order valence-electron chi connectivity index (χ2n) is 4.33. The lowest BCUT2D eigenvalue weighted by atomic mass is 10.2. The lowest BCUT2D eigenvalue weighted by molar-refractivity contribution is 0.0661. The molecule has 0 bridgehead atoms. The lowest BCUT2D eigenvalue weighted by Crippen LogP contribution is -1.92. The van der Waals surface area contributed by atoms with Gasteiger partial charge in [0, 0.05) is 21.9 Å². The Kier molecular flexibility index (Phi) is 3.85. The molecule has 0 atom stereocenters. The van der Waals surface area contributed by atoms with E-state index in [1.807, 2.05) is 25.1 Å². The van der Waals surface area contributed by atoms with Crippen LogP contribution in [0.3, 0.4) is 0 Å². The number of carbonyl (C=O) groups is 1. The number of benzene rings is 1. The minimum Gasteiger partial charge on any atom is -0.475 e. The molecule has 0 aliphatic heterocycles. The van der Waals surface area contributed by atoms with Crippen LogP contribution < -0.4 is 5.73 Å². The summed E-state index contributed by atoms with van der Waals surface area (Å²) in [5.41, 5.74) is 8.68. The number of hydrogen-bond acceptors (Lipinski definition) is 4. The summed E-state index contributed by atoms with van der Waals surface area (Å²) in [6.45, 7) is 3.75. The van der Waals surface area contributed by atoms with Crippen LogP contribution in [0.25, 0.3) is 0 Å². The maximum atomic E-state index is 10.8. The molecule has 19 heavy (non-hydrogen) atoms. The Morgan fingerprint density at radius 2 is 2.11 bits per heavy atom. The number of hydrogen-bond donors (Lipinski definition) is 2. The van der Waals surface area contributed by atoms with E-state index in [0.717, 1.165) is 21.7 Å². The van der Waals surface area contributed by atoms with E-state index in [9.17, 15) is 4.79 Å². The van der Waals surface area contributed by atoms with Crippen LogP contribution in [0.15, 0.2) is 33.6 Å². The number of furan rings is 1. The number of carboxylic acid groups (broad SMARTS) is 1. The summed E-state index contributed by atoms with van der Waals surface area (Å²) >= 11 is 1.57. The first-order valence-electron chi connectivity index (χ1n) is 5.79. The van der Waals surface area contributed by atoms with Gasteiger partial charge in [0.05, 0.1) is 0 Å². The first-order chi connectivity index (χ1) is 8.97. The molecule has 0 radical (unpaired) electrons. The van der Waals surface area contributed by atoms with E-state index in [2.05, 4.69) is 0 Å². The van der Waals surface area contributed by atoms with Crippen molar-refractivity contribution in [3.8, 4) is 0 Å². The Morgan fingerprint density at radius 1 is 1.37 bits per heavy atom. The van der Waals surface area contributed by atoms with Crippen molar-refractivity contribution < 1.29 is 14.3 Å². The van der Waals surface area contributed by atoms with Gasteiger partial charge in [-0.05, 0) is 37.6 Å². The molecule has 1 aromatic carbocycles. The molecule has 2 rings (SSSR count). The quantitative estimate of drug-likeness (QED) is 0.661. The summed E-state index contributed by atoms with van der Waals surface area (Å²) in [6.07, 6.45) is 0. The van der Waals surface area contributed by atoms with Gasteiger partial charge in [-0.15, -0.1) is 11.8 Å². The highest BCUT2D eigenvalue weighted by Gasteiger charge is 2.13. The van der Waals surface area contributed by atoms with Crippen LogP contribution >= 0.6 is 11.8 Å². The Labute approximate surface area is 115 Å². The van der Waals surface area contributed by atoms with Crippen molar-refractivity contribution in [1.82, 2.24) is 0 Å². The van der Waals surface area contributed by atoms with Crippen LogP contribution in [0.1, 0.15) is 27.4 Å². The Morgan fingerprint density at radius 3 is 2.68 bits per heavy atom. The van der Waals surface area contributed by atoms with Gasteiger partial charge in [-0.1, -0.05) is 6.07 Å². The van der Waals surface area contributed by atoms with Gasteiger partial charge in [-0.2, -0.15) is 0 Å². The molecule has 1 heterocycles. The third-order valence-electron chi connectivity index (χ3n) is 2.78. The predicted octanol–water partition coefficient (Wildman–Crippen LogP) is 3.47. The fraction of sp³-hybridized carbons (Fsp3) is 0.214. The molecule has 0 aliphatic carbocycles. The maximum Gasteiger partial charge on any atom is 0.371 e. The highest BCUT2D eigenvalue weighted by atomic mass is 32.2. The summed E-state index contributed by atoms with van der Waals surface area (Å²) < 4.78 is 5.17. The summed E-state index contributed by atoms with van der Waals surface area (Å²) in [5.74, 6) is 0.199. The van der Waals surface area contributed by atoms with E-state index >= 15 is 0 Å². The molecular weight excluding hydrogens is 262 g/mol. The second-order valence-corrected chi connectivity index (χ2v) is 5.34. The van der Waals surface area contributed by atoms with Crippen molar-refractivity contribution in [1.29, 1.82) is 0 Å². The van der Waals surface area contributed by atoms with Gasteiger partial charge in [-0.25, -0.2) is 4.79 Å². The number of aromatic carboxylic acids is 1. The molecule has 1 aromatic heterocycles.